The van der Waals surface area contributed by atoms with Gasteiger partial charge in [-0.05, 0) is 65.0 Å². The SMILES string of the molecule is CO[C@@H](C[C@@H](C)[C@@H](O)/C=C/C=C/CNC(=O)C(C)(C)[C@H](O)\C(C)=C/C=C/C=C/C(C)=C(\C)N([O-])O)[C@]1(O)[C@@H](C)C(=O)N(C)[C@]12C(=O)O[C@@H]2C. The van der Waals surface area contributed by atoms with Crippen LogP contribution in [-0.4, -0.2) is 105 Å². The molecule has 0 aliphatic carbocycles. The maximum atomic E-state index is 12.9. The lowest BCUT2D eigenvalue weighted by Gasteiger charge is -2.55. The second-order valence-electron chi connectivity index (χ2n) is 13.5. The molecule has 0 aromatic carbocycles. The van der Waals surface area contributed by atoms with E-state index in [4.69, 9.17) is 14.7 Å². The molecule has 5 N–H and O–H groups in total. The number of cyclic esters (lactones) is 1. The molecule has 2 aliphatic rings. The maximum absolute atomic E-state index is 12.9. The summed E-state index contributed by atoms with van der Waals surface area (Å²) in [5.74, 6) is -2.80. The van der Waals surface area contributed by atoms with Crippen molar-refractivity contribution >= 4 is 17.8 Å². The van der Waals surface area contributed by atoms with Crippen LogP contribution in [0.1, 0.15) is 61.8 Å². The van der Waals surface area contributed by atoms with Crippen molar-refractivity contribution in [3.05, 3.63) is 76.7 Å². The molecule has 2 aliphatic heterocycles. The van der Waals surface area contributed by atoms with Gasteiger partial charge in [0.25, 0.3) is 0 Å². The third-order valence-electron chi connectivity index (χ3n) is 10.0. The molecule has 13 heteroatoms. The highest BCUT2D eigenvalue weighted by Gasteiger charge is 2.80. The van der Waals surface area contributed by atoms with Crippen molar-refractivity contribution in [2.75, 3.05) is 20.7 Å². The van der Waals surface area contributed by atoms with Crippen molar-refractivity contribution < 1.29 is 44.4 Å². The number of aliphatic hydroxyl groups is 3. The van der Waals surface area contributed by atoms with Crippen molar-refractivity contribution in [3.63, 3.8) is 0 Å². The second kappa shape index (κ2) is 16.9. The van der Waals surface area contributed by atoms with E-state index < -0.39 is 64.7 Å². The van der Waals surface area contributed by atoms with Gasteiger partial charge in [-0.15, -0.1) is 0 Å². The molecule has 0 aromatic heterocycles. The van der Waals surface area contributed by atoms with Gasteiger partial charge in [0.1, 0.15) is 11.7 Å². The Morgan fingerprint density at radius 3 is 2.33 bits per heavy atom. The molecule has 8 atom stereocenters. The average Bonchev–Trinajstić information content (AvgIpc) is 3.22. The minimum absolute atomic E-state index is 0.145. The first-order valence-corrected chi connectivity index (χ1v) is 16.3. The number of aliphatic hydroxyl groups excluding tert-OH is 2. The first-order valence-electron chi connectivity index (χ1n) is 16.3. The van der Waals surface area contributed by atoms with Gasteiger partial charge in [0.05, 0.1) is 29.6 Å². The lowest BCUT2D eigenvalue weighted by atomic mass is 9.65. The van der Waals surface area contributed by atoms with E-state index in [2.05, 4.69) is 5.32 Å². The zero-order chi connectivity index (χ0) is 37.5. The molecule has 2 amide bonds. The van der Waals surface area contributed by atoms with Gasteiger partial charge in [0.15, 0.2) is 0 Å². The molecule has 0 bridgehead atoms. The summed E-state index contributed by atoms with van der Waals surface area (Å²) in [6.45, 7) is 13.3. The van der Waals surface area contributed by atoms with E-state index in [-0.39, 0.29) is 29.8 Å². The Labute approximate surface area is 289 Å². The minimum atomic E-state index is -1.87. The predicted molar refractivity (Wildman–Crippen MR) is 184 cm³/mol. The van der Waals surface area contributed by atoms with Gasteiger partial charge in [0, 0.05) is 26.4 Å². The Bertz CT molecular complexity index is 1400. The third-order valence-corrected chi connectivity index (χ3v) is 10.0. The standard InChI is InChI=1S/C36H54N3O10/c1-22(26(5)39(46)47)17-13-11-14-18-23(2)30(41)34(7,8)32(43)37-20-16-12-15-19-28(40)24(3)21-29(48-10)36(45)25(4)31(42)38(9)35(36)27(6)49-33(35)44/h11-19,24-25,27-30,40-41,45-46H,20-21H2,1-10H3,(H,37,43)/q-1/b14-11+,16-12+,17-13+,19-15+,23-18-,26-22+/t24-,25+,27-,28+,29+,30-,35-,36-/m1/s1. The Morgan fingerprint density at radius 1 is 1.14 bits per heavy atom. The van der Waals surface area contributed by atoms with Crippen LogP contribution in [0.25, 0.3) is 0 Å². The zero-order valence-electron chi connectivity index (χ0n) is 30.2. The van der Waals surface area contributed by atoms with Crippen LogP contribution in [0.3, 0.4) is 0 Å². The zero-order valence-corrected chi connectivity index (χ0v) is 30.2. The number of hydroxylamine groups is 2. The molecule has 0 radical (unpaired) electrons. The van der Waals surface area contributed by atoms with Gasteiger partial charge in [-0.25, -0.2) is 4.79 Å². The van der Waals surface area contributed by atoms with Crippen LogP contribution >= 0.6 is 0 Å². The van der Waals surface area contributed by atoms with E-state index in [1.807, 2.05) is 0 Å². The molecule has 1 spiro atoms. The number of hydrogen-bond donors (Lipinski definition) is 5. The molecule has 2 saturated heterocycles. The van der Waals surface area contributed by atoms with Gasteiger partial charge in [0.2, 0.25) is 17.4 Å². The third kappa shape index (κ3) is 8.25. The molecular formula is C36H54N3O10-. The number of nitrogens with one attached hydrogen (secondary N) is 1. The van der Waals surface area contributed by atoms with E-state index in [9.17, 15) is 34.9 Å². The van der Waals surface area contributed by atoms with Gasteiger partial charge < -0.3 is 45.4 Å². The number of likely N-dealkylation sites (N-methyl/N-ethyl adjacent to an activating group) is 1. The fourth-order valence-corrected chi connectivity index (χ4v) is 6.47. The summed E-state index contributed by atoms with van der Waals surface area (Å²) < 4.78 is 10.9. The highest BCUT2D eigenvalue weighted by Crippen LogP contribution is 2.54. The molecular weight excluding hydrogens is 634 g/mol. The summed E-state index contributed by atoms with van der Waals surface area (Å²) in [6.07, 6.45) is 11.4. The smallest absolute Gasteiger partial charge is 0.339 e. The Hall–Kier alpha value is -3.59. The lowest BCUT2D eigenvalue weighted by Crippen LogP contribution is -2.80. The van der Waals surface area contributed by atoms with E-state index in [1.165, 1.54) is 26.0 Å². The summed E-state index contributed by atoms with van der Waals surface area (Å²) in [4.78, 5) is 39.8. The number of rotatable bonds is 16. The quantitative estimate of drug-likeness (QED) is 0.0910. The second-order valence-corrected chi connectivity index (χ2v) is 13.5. The van der Waals surface area contributed by atoms with Crippen LogP contribution in [0.4, 0.5) is 0 Å². The number of hydrogen-bond acceptors (Lipinski definition) is 11. The van der Waals surface area contributed by atoms with Gasteiger partial charge >= 0.3 is 5.97 Å². The number of ether oxygens (including phenoxy) is 2. The monoisotopic (exact) mass is 688 g/mol. The molecule has 274 valence electrons. The Kier molecular flexibility index (Phi) is 14.3. The van der Waals surface area contributed by atoms with Crippen LogP contribution < -0.4 is 5.32 Å². The first-order chi connectivity index (χ1) is 22.7. The van der Waals surface area contributed by atoms with Crippen LogP contribution in [0.15, 0.2) is 71.5 Å². The maximum Gasteiger partial charge on any atom is 0.339 e. The van der Waals surface area contributed by atoms with E-state index in [0.717, 1.165) is 0 Å². The van der Waals surface area contributed by atoms with Crippen molar-refractivity contribution in [2.24, 2.45) is 17.3 Å². The van der Waals surface area contributed by atoms with Gasteiger partial charge in [-0.2, -0.15) is 0 Å². The summed E-state index contributed by atoms with van der Waals surface area (Å²) in [6, 6.07) is 0. The molecule has 2 rings (SSSR count). The predicted octanol–water partition coefficient (Wildman–Crippen LogP) is 3.07. The molecule has 2 fully saturated rings. The minimum Gasteiger partial charge on any atom is -0.734 e. The number of nitrogens with zero attached hydrogens (tertiary/aromatic N) is 2. The number of esters is 1. The van der Waals surface area contributed by atoms with Crippen molar-refractivity contribution in [2.45, 2.75) is 97.4 Å². The lowest BCUT2D eigenvalue weighted by molar-refractivity contribution is -0.255. The summed E-state index contributed by atoms with van der Waals surface area (Å²) in [5.41, 5.74) is -3.27. The first kappa shape index (κ1) is 41.6. The molecule has 0 unspecified atom stereocenters. The van der Waals surface area contributed by atoms with Crippen LogP contribution in [0.5, 0.6) is 0 Å². The fourth-order valence-electron chi connectivity index (χ4n) is 6.47. The Morgan fingerprint density at radius 2 is 1.78 bits per heavy atom. The molecule has 13 nitrogen and oxygen atoms in total. The summed E-state index contributed by atoms with van der Waals surface area (Å²) in [7, 11) is 2.87. The van der Waals surface area contributed by atoms with Crippen molar-refractivity contribution in [3.8, 4) is 0 Å². The van der Waals surface area contributed by atoms with Crippen molar-refractivity contribution in [1.82, 2.24) is 15.4 Å². The molecule has 2 heterocycles. The number of methoxy groups -OCH3 is 1. The molecule has 0 aromatic rings. The topological polar surface area (TPSA) is 192 Å². The number of amides is 2. The van der Waals surface area contributed by atoms with Crippen molar-refractivity contribution in [1.29, 1.82) is 0 Å². The number of allylic oxidation sites excluding steroid dienone is 9. The summed E-state index contributed by atoms with van der Waals surface area (Å²) >= 11 is 0. The Balaban J connectivity index is 1.94. The van der Waals surface area contributed by atoms with Crippen LogP contribution in [-0.2, 0) is 23.9 Å². The van der Waals surface area contributed by atoms with Gasteiger partial charge in [-0.3, -0.25) is 14.8 Å². The van der Waals surface area contributed by atoms with Gasteiger partial charge in [-0.1, -0.05) is 68.5 Å². The van der Waals surface area contributed by atoms with Crippen LogP contribution in [0.2, 0.25) is 0 Å². The highest BCUT2D eigenvalue weighted by molar-refractivity contribution is 5.99. The number of likely N-dealkylation sites (tertiary alicyclic amines) is 1. The molecule has 49 heavy (non-hydrogen) atoms. The van der Waals surface area contributed by atoms with Crippen LogP contribution in [0, 0.1) is 22.5 Å². The average molecular weight is 689 g/mol. The normalized spacial score (nSPS) is 28.0. The van der Waals surface area contributed by atoms with E-state index in [1.54, 1.807) is 103 Å². The van der Waals surface area contributed by atoms with E-state index >= 15 is 0 Å². The number of carbonyl (C=O) groups is 3. The largest absolute Gasteiger partial charge is 0.734 e. The molecule has 0 saturated carbocycles. The summed E-state index contributed by atoms with van der Waals surface area (Å²) in [5, 5.41) is 56.1. The number of carbonyl (C=O) groups excluding carboxylic acids is 3. The highest BCUT2D eigenvalue weighted by atomic mass is 16.8. The fraction of sp³-hybridized carbons (Fsp3) is 0.583. The van der Waals surface area contributed by atoms with E-state index in [0.29, 0.717) is 11.1 Å².